The molecule has 0 aromatic carbocycles. The number of urea groups is 1. The second-order valence-corrected chi connectivity index (χ2v) is 6.84. The van der Waals surface area contributed by atoms with E-state index in [9.17, 15) is 18.0 Å². The lowest BCUT2D eigenvalue weighted by atomic mass is 9.91. The van der Waals surface area contributed by atoms with Gasteiger partial charge in [0, 0.05) is 12.6 Å². The van der Waals surface area contributed by atoms with Gasteiger partial charge in [-0.1, -0.05) is 0 Å². The molecule has 2 saturated heterocycles. The largest absolute Gasteiger partial charge is 0.418 e. The number of carbonyl (C=O) groups is 2. The van der Waals surface area contributed by atoms with Crippen molar-refractivity contribution in [1.82, 2.24) is 15.0 Å². The van der Waals surface area contributed by atoms with E-state index in [0.29, 0.717) is 17.9 Å². The van der Waals surface area contributed by atoms with Gasteiger partial charge in [-0.3, -0.25) is 14.4 Å². The van der Waals surface area contributed by atoms with Crippen molar-refractivity contribution < 1.29 is 26.8 Å². The molecule has 3 aliphatic rings. The summed E-state index contributed by atoms with van der Waals surface area (Å²) < 4.78 is 34.7. The van der Waals surface area contributed by atoms with Crippen LogP contribution in [-0.4, -0.2) is 64.6 Å². The van der Waals surface area contributed by atoms with E-state index in [0.717, 1.165) is 19.3 Å². The number of carbonyl (C=O) groups excluding carboxylic acids is 2. The smallest absolute Gasteiger partial charge is 0.309 e. The molecule has 0 radical (unpaired) electrons. The third-order valence-electron chi connectivity index (χ3n) is 4.50. The number of nitrogens with zero attached hydrogens (tertiary/aromatic N) is 3. The molecular formula is C11H18N4O6S. The Hall–Kier alpha value is -1.43. The normalized spacial score (nSPS) is 28.7. The van der Waals surface area contributed by atoms with Gasteiger partial charge in [0.2, 0.25) is 0 Å². The molecule has 2 heterocycles. The van der Waals surface area contributed by atoms with Crippen molar-refractivity contribution in [3.63, 3.8) is 0 Å². The van der Waals surface area contributed by atoms with E-state index in [-0.39, 0.29) is 18.5 Å². The Morgan fingerprint density at radius 3 is 2.55 bits per heavy atom. The second-order valence-electron chi connectivity index (χ2n) is 5.84. The molecule has 2 bridgehead atoms. The van der Waals surface area contributed by atoms with Crippen LogP contribution in [0.2, 0.25) is 0 Å². The molecule has 10 nitrogen and oxygen atoms in total. The molecule has 1 aliphatic carbocycles. The quantitative estimate of drug-likeness (QED) is 0.299. The van der Waals surface area contributed by atoms with Crippen LogP contribution in [0.15, 0.2) is 0 Å². The molecule has 11 heteroatoms. The van der Waals surface area contributed by atoms with Crippen LogP contribution in [0.5, 0.6) is 0 Å². The molecule has 2 aliphatic heterocycles. The van der Waals surface area contributed by atoms with E-state index in [4.69, 9.17) is 10.4 Å². The van der Waals surface area contributed by atoms with E-state index in [1.54, 1.807) is 0 Å². The fraction of sp³-hybridized carbons (Fsp3) is 0.818. The van der Waals surface area contributed by atoms with Gasteiger partial charge in [0.15, 0.2) is 0 Å². The molecule has 2 atom stereocenters. The zero-order valence-electron chi connectivity index (χ0n) is 11.8. The number of rotatable bonds is 4. The van der Waals surface area contributed by atoms with E-state index in [1.165, 1.54) is 9.91 Å². The summed E-state index contributed by atoms with van der Waals surface area (Å²) >= 11 is 0. The second kappa shape index (κ2) is 5.33. The first-order chi connectivity index (χ1) is 10.3. The van der Waals surface area contributed by atoms with Gasteiger partial charge in [-0.2, -0.15) is 13.5 Å². The van der Waals surface area contributed by atoms with E-state index < -0.39 is 28.5 Å². The van der Waals surface area contributed by atoms with Gasteiger partial charge in [-0.15, -0.1) is 4.28 Å². The maximum Gasteiger partial charge on any atom is 0.418 e. The average Bonchev–Trinajstić information content (AvgIpc) is 2.60. The minimum Gasteiger partial charge on any atom is -0.309 e. The Bertz CT molecular complexity index is 591. The molecule has 22 heavy (non-hydrogen) atoms. The highest BCUT2D eigenvalue weighted by atomic mass is 32.3. The number of amides is 3. The summed E-state index contributed by atoms with van der Waals surface area (Å²) in [5.41, 5.74) is 0. The topological polar surface area (TPSA) is 133 Å². The van der Waals surface area contributed by atoms with Crippen molar-refractivity contribution in [2.24, 2.45) is 5.84 Å². The van der Waals surface area contributed by atoms with Crippen LogP contribution in [-0.2, 0) is 19.5 Å². The lowest BCUT2D eigenvalue weighted by molar-refractivity contribution is -0.141. The van der Waals surface area contributed by atoms with Crippen LogP contribution in [0.4, 0.5) is 4.79 Å². The Balaban J connectivity index is 1.72. The molecule has 0 spiro atoms. The van der Waals surface area contributed by atoms with E-state index in [2.05, 4.69) is 4.28 Å². The Morgan fingerprint density at radius 2 is 2.00 bits per heavy atom. The molecule has 3 rings (SSSR count). The summed E-state index contributed by atoms with van der Waals surface area (Å²) in [6, 6.07) is -1.97. The SMILES string of the molecule is NN(C(=O)[C@@H]1CC[C@@H]2CN1C(=O)N2OS(=O)(=O)O)C1CCC1. The van der Waals surface area contributed by atoms with E-state index in [1.807, 2.05) is 0 Å². The van der Waals surface area contributed by atoms with Gasteiger partial charge in [0.05, 0.1) is 6.04 Å². The Labute approximate surface area is 127 Å². The first-order valence-electron chi connectivity index (χ1n) is 7.12. The van der Waals surface area contributed by atoms with Gasteiger partial charge in [0.1, 0.15) is 6.04 Å². The number of hydrogen-bond donors (Lipinski definition) is 2. The molecule has 0 unspecified atom stereocenters. The summed E-state index contributed by atoms with van der Waals surface area (Å²) in [5, 5.41) is 1.81. The van der Waals surface area contributed by atoms with Gasteiger partial charge in [-0.25, -0.2) is 10.6 Å². The minimum absolute atomic E-state index is 0.00750. The highest BCUT2D eigenvalue weighted by molar-refractivity contribution is 7.80. The molecule has 124 valence electrons. The molecular weight excluding hydrogens is 316 g/mol. The van der Waals surface area contributed by atoms with Crippen molar-refractivity contribution in [2.75, 3.05) is 6.54 Å². The predicted molar refractivity (Wildman–Crippen MR) is 72.1 cm³/mol. The highest BCUT2D eigenvalue weighted by Gasteiger charge is 2.50. The maximum absolute atomic E-state index is 12.4. The number of nitrogens with two attached hydrogens (primary N) is 1. The van der Waals surface area contributed by atoms with Crippen molar-refractivity contribution >= 4 is 22.3 Å². The summed E-state index contributed by atoms with van der Waals surface area (Å²) in [7, 11) is -4.78. The van der Waals surface area contributed by atoms with Gasteiger partial charge in [0.25, 0.3) is 5.91 Å². The van der Waals surface area contributed by atoms with Crippen molar-refractivity contribution in [2.45, 2.75) is 50.2 Å². The molecule has 3 fully saturated rings. The molecule has 3 amide bonds. The molecule has 0 aromatic heterocycles. The Morgan fingerprint density at radius 1 is 1.32 bits per heavy atom. The monoisotopic (exact) mass is 334 g/mol. The number of hydrazine groups is 1. The lowest BCUT2D eigenvalue weighted by Crippen LogP contribution is -2.57. The number of hydroxylamine groups is 2. The highest BCUT2D eigenvalue weighted by Crippen LogP contribution is 2.32. The van der Waals surface area contributed by atoms with Crippen molar-refractivity contribution in [1.29, 1.82) is 0 Å². The number of piperidine rings is 1. The first-order valence-corrected chi connectivity index (χ1v) is 8.49. The average molecular weight is 334 g/mol. The lowest BCUT2D eigenvalue weighted by Gasteiger charge is -2.38. The fourth-order valence-electron chi connectivity index (χ4n) is 3.11. The van der Waals surface area contributed by atoms with Gasteiger partial charge < -0.3 is 4.90 Å². The molecule has 0 aromatic rings. The van der Waals surface area contributed by atoms with Crippen LogP contribution < -0.4 is 5.84 Å². The van der Waals surface area contributed by atoms with Crippen molar-refractivity contribution in [3.8, 4) is 0 Å². The van der Waals surface area contributed by atoms with Gasteiger partial charge >= 0.3 is 16.4 Å². The maximum atomic E-state index is 12.4. The summed E-state index contributed by atoms with van der Waals surface area (Å²) in [4.78, 5) is 25.9. The first kappa shape index (κ1) is 15.5. The van der Waals surface area contributed by atoms with Crippen LogP contribution in [0.3, 0.4) is 0 Å². The van der Waals surface area contributed by atoms with Crippen LogP contribution in [0.1, 0.15) is 32.1 Å². The van der Waals surface area contributed by atoms with E-state index >= 15 is 0 Å². The van der Waals surface area contributed by atoms with Crippen LogP contribution >= 0.6 is 0 Å². The van der Waals surface area contributed by atoms with Gasteiger partial charge in [-0.05, 0) is 32.1 Å². The molecule has 1 saturated carbocycles. The number of hydrogen-bond acceptors (Lipinski definition) is 6. The van der Waals surface area contributed by atoms with Crippen LogP contribution in [0, 0.1) is 0 Å². The third-order valence-corrected chi connectivity index (χ3v) is 4.85. The Kier molecular flexibility index (Phi) is 3.75. The zero-order valence-corrected chi connectivity index (χ0v) is 12.6. The summed E-state index contributed by atoms with van der Waals surface area (Å²) in [6.45, 7) is 0.170. The number of fused-ring (bicyclic) bond motifs is 2. The summed E-state index contributed by atoms with van der Waals surface area (Å²) in [6.07, 6.45) is 3.50. The summed E-state index contributed by atoms with van der Waals surface area (Å²) in [5.74, 6) is 5.49. The zero-order chi connectivity index (χ0) is 16.1. The minimum atomic E-state index is -4.78. The van der Waals surface area contributed by atoms with Crippen molar-refractivity contribution in [3.05, 3.63) is 0 Å². The van der Waals surface area contributed by atoms with Crippen LogP contribution in [0.25, 0.3) is 0 Å². The molecule has 3 N–H and O–H groups in total. The fourth-order valence-corrected chi connectivity index (χ4v) is 3.49. The predicted octanol–water partition coefficient (Wildman–Crippen LogP) is -0.756. The standard InChI is InChI=1S/C11H18N4O6S/c12-14(7-2-1-3-7)10(16)9-5-4-8-6-13(9)11(17)15(8)21-22(18,19)20/h7-9H,1-6,12H2,(H,18,19,20)/t8-,9+/m1/s1. The third kappa shape index (κ3) is 2.64.